The van der Waals surface area contributed by atoms with Crippen molar-refractivity contribution in [3.05, 3.63) is 64.7 Å². The molecular formula is C23H30ClN3O5S. The fourth-order valence-electron chi connectivity index (χ4n) is 3.04. The van der Waals surface area contributed by atoms with E-state index in [0.29, 0.717) is 18.0 Å². The Bertz CT molecular complexity index is 1040. The molecule has 0 aliphatic rings. The summed E-state index contributed by atoms with van der Waals surface area (Å²) in [7, 11) is -0.622. The van der Waals surface area contributed by atoms with Gasteiger partial charge in [0.25, 0.3) is 0 Å². The van der Waals surface area contributed by atoms with Crippen LogP contribution in [0.25, 0.3) is 0 Å². The highest BCUT2D eigenvalue weighted by Crippen LogP contribution is 2.15. The Balaban J connectivity index is 2.07. The van der Waals surface area contributed by atoms with E-state index in [0.717, 1.165) is 27.4 Å². The van der Waals surface area contributed by atoms with Gasteiger partial charge in [-0.25, -0.2) is 8.42 Å². The van der Waals surface area contributed by atoms with Crippen LogP contribution in [0.2, 0.25) is 5.02 Å². The summed E-state index contributed by atoms with van der Waals surface area (Å²) in [6, 6.07) is 13.7. The molecule has 8 nitrogen and oxygen atoms in total. The summed E-state index contributed by atoms with van der Waals surface area (Å²) < 4.78 is 29.6. The summed E-state index contributed by atoms with van der Waals surface area (Å²) in [5, 5.41) is 3.41. The van der Waals surface area contributed by atoms with E-state index in [9.17, 15) is 18.0 Å². The molecule has 180 valence electrons. The Morgan fingerprint density at radius 3 is 2.18 bits per heavy atom. The van der Waals surface area contributed by atoms with E-state index in [4.69, 9.17) is 16.3 Å². The van der Waals surface area contributed by atoms with Gasteiger partial charge in [0.15, 0.2) is 0 Å². The summed E-state index contributed by atoms with van der Waals surface area (Å²) >= 11 is 5.94. The van der Waals surface area contributed by atoms with E-state index >= 15 is 0 Å². The van der Waals surface area contributed by atoms with Crippen molar-refractivity contribution >= 4 is 33.4 Å². The van der Waals surface area contributed by atoms with E-state index in [2.05, 4.69) is 5.32 Å². The molecule has 33 heavy (non-hydrogen) atoms. The van der Waals surface area contributed by atoms with Gasteiger partial charge >= 0.3 is 0 Å². The molecule has 0 aliphatic heterocycles. The van der Waals surface area contributed by atoms with Crippen molar-refractivity contribution in [2.24, 2.45) is 0 Å². The lowest BCUT2D eigenvalue weighted by atomic mass is 10.1. The lowest BCUT2D eigenvalue weighted by Gasteiger charge is -2.30. The third-order valence-corrected chi connectivity index (χ3v) is 6.74. The molecule has 2 aromatic carbocycles. The minimum Gasteiger partial charge on any atom is -0.497 e. The molecule has 0 saturated heterocycles. The molecular weight excluding hydrogens is 466 g/mol. The zero-order valence-corrected chi connectivity index (χ0v) is 20.8. The molecule has 2 rings (SSSR count). The molecule has 0 saturated carbocycles. The number of ether oxygens (including phenoxy) is 1. The Hall–Kier alpha value is -2.62. The first-order valence-electron chi connectivity index (χ1n) is 10.4. The van der Waals surface area contributed by atoms with Crippen molar-refractivity contribution < 1.29 is 22.7 Å². The largest absolute Gasteiger partial charge is 0.497 e. The SMILES string of the molecule is COc1ccc(CCNC(=O)[C@@H](C)N(Cc2ccc(Cl)cc2)C(=O)CN(C)S(C)(=O)=O)cc1. The van der Waals surface area contributed by atoms with Crippen LogP contribution in [0.5, 0.6) is 5.75 Å². The topological polar surface area (TPSA) is 96.0 Å². The van der Waals surface area contributed by atoms with Crippen LogP contribution < -0.4 is 10.1 Å². The first-order chi connectivity index (χ1) is 15.5. The second-order valence-corrected chi connectivity index (χ2v) is 10.3. The van der Waals surface area contributed by atoms with Crippen molar-refractivity contribution in [2.45, 2.75) is 25.9 Å². The van der Waals surface area contributed by atoms with E-state index in [1.165, 1.54) is 11.9 Å². The zero-order chi connectivity index (χ0) is 24.6. The number of hydrogen-bond donors (Lipinski definition) is 1. The number of methoxy groups -OCH3 is 1. The lowest BCUT2D eigenvalue weighted by Crippen LogP contribution is -2.50. The molecule has 0 heterocycles. The molecule has 2 amide bonds. The average Bonchev–Trinajstić information content (AvgIpc) is 2.77. The summed E-state index contributed by atoms with van der Waals surface area (Å²) in [5.74, 6) is -0.0460. The number of nitrogens with zero attached hydrogens (tertiary/aromatic N) is 2. The number of amides is 2. The molecule has 10 heteroatoms. The maximum atomic E-state index is 13.0. The van der Waals surface area contributed by atoms with E-state index < -0.39 is 22.0 Å². The van der Waals surface area contributed by atoms with Crippen molar-refractivity contribution in [3.8, 4) is 5.75 Å². The van der Waals surface area contributed by atoms with Gasteiger partial charge in [-0.2, -0.15) is 4.31 Å². The second kappa shape index (κ2) is 12.0. The highest BCUT2D eigenvalue weighted by Gasteiger charge is 2.28. The maximum Gasteiger partial charge on any atom is 0.242 e. The number of carbonyl (C=O) groups excluding carboxylic acids is 2. The molecule has 0 unspecified atom stereocenters. The van der Waals surface area contributed by atoms with Gasteiger partial charge in [-0.3, -0.25) is 9.59 Å². The number of nitrogens with one attached hydrogen (secondary N) is 1. The van der Waals surface area contributed by atoms with Gasteiger partial charge < -0.3 is 15.0 Å². The lowest BCUT2D eigenvalue weighted by molar-refractivity contribution is -0.140. The van der Waals surface area contributed by atoms with Crippen LogP contribution in [0.1, 0.15) is 18.1 Å². The van der Waals surface area contributed by atoms with Gasteiger partial charge in [0.1, 0.15) is 11.8 Å². The first-order valence-corrected chi connectivity index (χ1v) is 12.6. The fraction of sp³-hybridized carbons (Fsp3) is 0.391. The van der Waals surface area contributed by atoms with Crippen LogP contribution in [-0.2, 0) is 32.6 Å². The van der Waals surface area contributed by atoms with Gasteiger partial charge in [0.05, 0.1) is 19.9 Å². The van der Waals surface area contributed by atoms with E-state index in [-0.39, 0.29) is 19.0 Å². The van der Waals surface area contributed by atoms with Crippen LogP contribution in [0.4, 0.5) is 0 Å². The number of hydrogen-bond acceptors (Lipinski definition) is 5. The van der Waals surface area contributed by atoms with E-state index in [1.807, 2.05) is 24.3 Å². The summed E-state index contributed by atoms with van der Waals surface area (Å²) in [4.78, 5) is 27.2. The molecule has 0 spiro atoms. The van der Waals surface area contributed by atoms with Gasteiger partial charge in [0, 0.05) is 25.2 Å². The maximum absolute atomic E-state index is 13.0. The smallest absolute Gasteiger partial charge is 0.242 e. The van der Waals surface area contributed by atoms with Crippen LogP contribution in [-0.4, -0.2) is 69.0 Å². The fourth-order valence-corrected chi connectivity index (χ4v) is 3.51. The van der Waals surface area contributed by atoms with Gasteiger partial charge in [-0.05, 0) is 48.7 Å². The average molecular weight is 496 g/mol. The number of halogens is 1. The summed E-state index contributed by atoms with van der Waals surface area (Å²) in [6.07, 6.45) is 1.64. The molecule has 1 N–H and O–H groups in total. The Labute approximate surface area is 200 Å². The Morgan fingerprint density at radius 1 is 1.06 bits per heavy atom. The quantitative estimate of drug-likeness (QED) is 0.516. The van der Waals surface area contributed by atoms with Crippen LogP contribution >= 0.6 is 11.6 Å². The number of sulfonamides is 1. The van der Waals surface area contributed by atoms with Crippen molar-refractivity contribution in [3.63, 3.8) is 0 Å². The minimum atomic E-state index is -3.55. The van der Waals surface area contributed by atoms with Crippen molar-refractivity contribution in [2.75, 3.05) is 33.5 Å². The predicted molar refractivity (Wildman–Crippen MR) is 129 cm³/mol. The van der Waals surface area contributed by atoms with Crippen LogP contribution in [0.3, 0.4) is 0 Å². The molecule has 0 bridgehead atoms. The van der Waals surface area contributed by atoms with Crippen LogP contribution in [0.15, 0.2) is 48.5 Å². The van der Waals surface area contributed by atoms with Crippen LogP contribution in [0, 0.1) is 0 Å². The Kier molecular flexibility index (Phi) is 9.70. The zero-order valence-electron chi connectivity index (χ0n) is 19.2. The highest BCUT2D eigenvalue weighted by molar-refractivity contribution is 7.88. The predicted octanol–water partition coefficient (Wildman–Crippen LogP) is 2.32. The van der Waals surface area contributed by atoms with E-state index in [1.54, 1.807) is 38.3 Å². The Morgan fingerprint density at radius 2 is 1.64 bits per heavy atom. The number of rotatable bonds is 11. The number of likely N-dealkylation sites (N-methyl/N-ethyl adjacent to an activating group) is 1. The van der Waals surface area contributed by atoms with Crippen molar-refractivity contribution in [1.82, 2.24) is 14.5 Å². The normalized spacial score (nSPS) is 12.3. The third-order valence-electron chi connectivity index (χ3n) is 5.23. The number of benzene rings is 2. The molecule has 0 aromatic heterocycles. The molecule has 0 radical (unpaired) electrons. The van der Waals surface area contributed by atoms with Gasteiger partial charge in [0.2, 0.25) is 21.8 Å². The monoisotopic (exact) mass is 495 g/mol. The standard InChI is InChI=1S/C23H30ClN3O5S/c1-17(23(29)25-14-13-18-7-11-21(32-3)12-8-18)27(15-19-5-9-20(24)10-6-19)22(28)16-26(2)33(4,30)31/h5-12,17H,13-16H2,1-4H3,(H,25,29)/t17-/m1/s1. The highest BCUT2D eigenvalue weighted by atomic mass is 35.5. The summed E-state index contributed by atoms with van der Waals surface area (Å²) in [6.45, 7) is 1.79. The van der Waals surface area contributed by atoms with Gasteiger partial charge in [-0.15, -0.1) is 0 Å². The summed E-state index contributed by atoms with van der Waals surface area (Å²) in [5.41, 5.74) is 1.81. The molecule has 2 aromatic rings. The minimum absolute atomic E-state index is 0.140. The molecule has 1 atom stereocenters. The first kappa shape index (κ1) is 26.6. The third kappa shape index (κ3) is 8.34. The number of carbonyl (C=O) groups is 2. The van der Waals surface area contributed by atoms with Crippen molar-refractivity contribution in [1.29, 1.82) is 0 Å². The van der Waals surface area contributed by atoms with Gasteiger partial charge in [-0.1, -0.05) is 35.9 Å². The molecule has 0 aliphatic carbocycles. The second-order valence-electron chi connectivity index (χ2n) is 7.73. The molecule has 0 fully saturated rings.